The highest BCUT2D eigenvalue weighted by molar-refractivity contribution is 5.94. The van der Waals surface area contributed by atoms with E-state index in [1.807, 2.05) is 17.9 Å². The third kappa shape index (κ3) is 2.58. The average molecular weight is 274 g/mol. The van der Waals surface area contributed by atoms with Gasteiger partial charge in [-0.05, 0) is 49.4 Å². The van der Waals surface area contributed by atoms with Crippen LogP contribution in [-0.4, -0.2) is 42.6 Å². The zero-order valence-electron chi connectivity index (χ0n) is 12.0. The second-order valence-corrected chi connectivity index (χ2v) is 5.86. The Morgan fingerprint density at radius 2 is 2.20 bits per heavy atom. The van der Waals surface area contributed by atoms with Crippen molar-refractivity contribution >= 4 is 5.91 Å². The predicted octanol–water partition coefficient (Wildman–Crippen LogP) is 1.36. The molecule has 20 heavy (non-hydrogen) atoms. The van der Waals surface area contributed by atoms with Crippen molar-refractivity contribution in [1.82, 2.24) is 4.90 Å². The number of morpholine rings is 1. The number of carbonyl (C=O) groups excluding carboxylic acids is 1. The standard InChI is InChI=1S/C16H22N2O2/c1-11(17)15-10-18(7-8-20-15)16(19)14-6-5-12-3-2-4-13(12)9-14/h5-6,9,11,15H,2-4,7-8,10,17H2,1H3. The van der Waals surface area contributed by atoms with Gasteiger partial charge < -0.3 is 15.4 Å². The highest BCUT2D eigenvalue weighted by atomic mass is 16.5. The number of benzene rings is 1. The van der Waals surface area contributed by atoms with Gasteiger partial charge in [-0.15, -0.1) is 0 Å². The Bertz CT molecular complexity index is 513. The Morgan fingerprint density at radius 3 is 3.00 bits per heavy atom. The average Bonchev–Trinajstić information content (AvgIpc) is 2.94. The number of amides is 1. The fourth-order valence-corrected chi connectivity index (χ4v) is 3.07. The molecule has 0 radical (unpaired) electrons. The molecule has 1 saturated heterocycles. The molecule has 2 unspecified atom stereocenters. The lowest BCUT2D eigenvalue weighted by atomic mass is 10.0. The quantitative estimate of drug-likeness (QED) is 0.886. The van der Waals surface area contributed by atoms with Gasteiger partial charge in [0.15, 0.2) is 0 Å². The SMILES string of the molecule is CC(N)C1CN(C(=O)c2ccc3c(c2)CCC3)CCO1. The molecule has 1 aliphatic heterocycles. The molecule has 4 heteroatoms. The Kier molecular flexibility index (Phi) is 3.76. The summed E-state index contributed by atoms with van der Waals surface area (Å²) in [4.78, 5) is 14.5. The Labute approximate surface area is 119 Å². The number of ether oxygens (including phenoxy) is 1. The second-order valence-electron chi connectivity index (χ2n) is 5.86. The maximum Gasteiger partial charge on any atom is 0.254 e. The predicted molar refractivity (Wildman–Crippen MR) is 77.8 cm³/mol. The van der Waals surface area contributed by atoms with Crippen molar-refractivity contribution in [2.45, 2.75) is 38.3 Å². The first kappa shape index (κ1) is 13.6. The van der Waals surface area contributed by atoms with Crippen LogP contribution in [0.25, 0.3) is 0 Å². The molecule has 1 aliphatic carbocycles. The highest BCUT2D eigenvalue weighted by Crippen LogP contribution is 2.23. The lowest BCUT2D eigenvalue weighted by molar-refractivity contribution is -0.0300. The van der Waals surface area contributed by atoms with Gasteiger partial charge in [-0.25, -0.2) is 0 Å². The van der Waals surface area contributed by atoms with Gasteiger partial charge in [0.05, 0.1) is 12.7 Å². The van der Waals surface area contributed by atoms with Gasteiger partial charge in [0.2, 0.25) is 0 Å². The summed E-state index contributed by atoms with van der Waals surface area (Å²) in [7, 11) is 0. The third-order valence-electron chi connectivity index (χ3n) is 4.31. The number of rotatable bonds is 2. The van der Waals surface area contributed by atoms with E-state index < -0.39 is 0 Å². The first-order chi connectivity index (χ1) is 9.65. The molecule has 108 valence electrons. The minimum atomic E-state index is -0.0536. The van der Waals surface area contributed by atoms with E-state index in [-0.39, 0.29) is 18.1 Å². The maximum absolute atomic E-state index is 12.6. The van der Waals surface area contributed by atoms with E-state index in [1.165, 1.54) is 17.5 Å². The second kappa shape index (κ2) is 5.54. The number of hydrogen-bond donors (Lipinski definition) is 1. The molecule has 0 saturated carbocycles. The van der Waals surface area contributed by atoms with Gasteiger partial charge >= 0.3 is 0 Å². The van der Waals surface area contributed by atoms with Crippen molar-refractivity contribution in [3.63, 3.8) is 0 Å². The number of nitrogens with two attached hydrogens (primary N) is 1. The van der Waals surface area contributed by atoms with Crippen LogP contribution in [0.1, 0.15) is 34.8 Å². The Hall–Kier alpha value is -1.39. The summed E-state index contributed by atoms with van der Waals surface area (Å²) < 4.78 is 5.61. The number of nitrogens with zero attached hydrogens (tertiary/aromatic N) is 1. The smallest absolute Gasteiger partial charge is 0.254 e. The van der Waals surface area contributed by atoms with Gasteiger partial charge in [0.25, 0.3) is 5.91 Å². The zero-order chi connectivity index (χ0) is 14.1. The molecule has 2 atom stereocenters. The van der Waals surface area contributed by atoms with E-state index >= 15 is 0 Å². The van der Waals surface area contributed by atoms with E-state index in [9.17, 15) is 4.79 Å². The molecule has 0 bridgehead atoms. The molecule has 4 nitrogen and oxygen atoms in total. The van der Waals surface area contributed by atoms with Crippen LogP contribution >= 0.6 is 0 Å². The van der Waals surface area contributed by atoms with Gasteiger partial charge in [-0.1, -0.05) is 6.07 Å². The summed E-state index contributed by atoms with van der Waals surface area (Å²) in [5.74, 6) is 0.105. The van der Waals surface area contributed by atoms with E-state index in [0.29, 0.717) is 19.7 Å². The summed E-state index contributed by atoms with van der Waals surface area (Å²) in [6, 6.07) is 6.09. The number of aryl methyl sites for hydroxylation is 2. The minimum absolute atomic E-state index is 0.0504. The summed E-state index contributed by atoms with van der Waals surface area (Å²) in [5.41, 5.74) is 9.42. The van der Waals surface area contributed by atoms with Crippen LogP contribution < -0.4 is 5.73 Å². The van der Waals surface area contributed by atoms with Gasteiger partial charge in [0, 0.05) is 24.7 Å². The van der Waals surface area contributed by atoms with Gasteiger partial charge in [-0.3, -0.25) is 4.79 Å². The molecule has 0 aromatic heterocycles. The van der Waals surface area contributed by atoms with Gasteiger partial charge in [-0.2, -0.15) is 0 Å². The number of fused-ring (bicyclic) bond motifs is 1. The molecule has 1 fully saturated rings. The van der Waals surface area contributed by atoms with Crippen LogP contribution in [0.3, 0.4) is 0 Å². The number of carbonyl (C=O) groups is 1. The van der Waals surface area contributed by atoms with E-state index in [0.717, 1.165) is 18.4 Å². The van der Waals surface area contributed by atoms with Crippen LogP contribution in [-0.2, 0) is 17.6 Å². The van der Waals surface area contributed by atoms with Crippen molar-refractivity contribution in [1.29, 1.82) is 0 Å². The first-order valence-electron chi connectivity index (χ1n) is 7.43. The highest BCUT2D eigenvalue weighted by Gasteiger charge is 2.27. The third-order valence-corrected chi connectivity index (χ3v) is 4.31. The monoisotopic (exact) mass is 274 g/mol. The molecule has 1 amide bonds. The summed E-state index contributed by atoms with van der Waals surface area (Å²) in [6.45, 7) is 3.74. The fraction of sp³-hybridized carbons (Fsp3) is 0.562. The minimum Gasteiger partial charge on any atom is -0.373 e. The molecular formula is C16H22N2O2. The van der Waals surface area contributed by atoms with E-state index in [4.69, 9.17) is 10.5 Å². The molecule has 1 heterocycles. The lowest BCUT2D eigenvalue weighted by Crippen LogP contribution is -2.51. The molecule has 3 rings (SSSR count). The van der Waals surface area contributed by atoms with Crippen molar-refractivity contribution in [3.8, 4) is 0 Å². The molecule has 1 aromatic rings. The van der Waals surface area contributed by atoms with Crippen LogP contribution in [0, 0.1) is 0 Å². The molecule has 0 spiro atoms. The molecule has 2 aliphatic rings. The van der Waals surface area contributed by atoms with Gasteiger partial charge in [0.1, 0.15) is 0 Å². The van der Waals surface area contributed by atoms with E-state index in [2.05, 4.69) is 12.1 Å². The van der Waals surface area contributed by atoms with Crippen molar-refractivity contribution in [2.75, 3.05) is 19.7 Å². The topological polar surface area (TPSA) is 55.6 Å². The summed E-state index contributed by atoms with van der Waals surface area (Å²) >= 11 is 0. The van der Waals surface area contributed by atoms with Crippen molar-refractivity contribution in [2.24, 2.45) is 5.73 Å². The van der Waals surface area contributed by atoms with Crippen LogP contribution in [0.5, 0.6) is 0 Å². The zero-order valence-corrected chi connectivity index (χ0v) is 12.0. The normalized spacial score (nSPS) is 23.5. The Morgan fingerprint density at radius 1 is 1.40 bits per heavy atom. The van der Waals surface area contributed by atoms with Crippen LogP contribution in [0.15, 0.2) is 18.2 Å². The maximum atomic E-state index is 12.6. The summed E-state index contributed by atoms with van der Waals surface area (Å²) in [6.07, 6.45) is 3.40. The first-order valence-corrected chi connectivity index (χ1v) is 7.43. The summed E-state index contributed by atoms with van der Waals surface area (Å²) in [5, 5.41) is 0. The molecular weight excluding hydrogens is 252 g/mol. The largest absolute Gasteiger partial charge is 0.373 e. The van der Waals surface area contributed by atoms with Crippen LogP contribution in [0.2, 0.25) is 0 Å². The lowest BCUT2D eigenvalue weighted by Gasteiger charge is -2.34. The van der Waals surface area contributed by atoms with Crippen LogP contribution in [0.4, 0.5) is 0 Å². The van der Waals surface area contributed by atoms with E-state index in [1.54, 1.807) is 0 Å². The fourth-order valence-electron chi connectivity index (χ4n) is 3.07. The molecule has 1 aromatic carbocycles. The Balaban J connectivity index is 1.75. The molecule has 2 N–H and O–H groups in total. The van der Waals surface area contributed by atoms with Crippen molar-refractivity contribution < 1.29 is 9.53 Å². The number of hydrogen-bond acceptors (Lipinski definition) is 3. The van der Waals surface area contributed by atoms with Crippen molar-refractivity contribution in [3.05, 3.63) is 34.9 Å².